The zero-order chi connectivity index (χ0) is 17.1. The molecule has 1 fully saturated rings. The van der Waals surface area contributed by atoms with E-state index in [-0.39, 0.29) is 5.91 Å². The maximum atomic E-state index is 12.6. The summed E-state index contributed by atoms with van der Waals surface area (Å²) in [6.07, 6.45) is 2.21. The fraction of sp³-hybridized carbons (Fsp3) is 0.556. The Bertz CT molecular complexity index is 699. The lowest BCUT2D eigenvalue weighted by Gasteiger charge is -2.34. The first-order chi connectivity index (χ1) is 11.6. The van der Waals surface area contributed by atoms with Crippen LogP contribution in [0.15, 0.2) is 15.9 Å². The number of thiazole rings is 1. The molecule has 0 aromatic carbocycles. The molecule has 0 N–H and O–H groups in total. The molecular weight excluding hydrogens is 322 g/mol. The Morgan fingerprint density at radius 1 is 1.29 bits per heavy atom. The van der Waals surface area contributed by atoms with Crippen molar-refractivity contribution >= 4 is 17.2 Å². The van der Waals surface area contributed by atoms with Gasteiger partial charge in [0.05, 0.1) is 16.3 Å². The highest BCUT2D eigenvalue weighted by Crippen LogP contribution is 2.18. The average Bonchev–Trinajstić information content (AvgIpc) is 3.14. The van der Waals surface area contributed by atoms with Crippen molar-refractivity contribution in [3.63, 3.8) is 0 Å². The van der Waals surface area contributed by atoms with Crippen LogP contribution in [0, 0.1) is 13.8 Å². The Hall–Kier alpha value is -1.66. The lowest BCUT2D eigenvalue weighted by atomic mass is 10.2. The molecule has 1 aliphatic rings. The molecule has 5 nitrogen and oxygen atoms in total. The molecule has 0 unspecified atom stereocenters. The summed E-state index contributed by atoms with van der Waals surface area (Å²) < 4.78 is 5.48. The van der Waals surface area contributed by atoms with E-state index in [2.05, 4.69) is 17.2 Å². The van der Waals surface area contributed by atoms with Gasteiger partial charge in [-0.3, -0.25) is 9.69 Å². The number of rotatable bonds is 5. The van der Waals surface area contributed by atoms with E-state index in [1.807, 2.05) is 24.8 Å². The van der Waals surface area contributed by atoms with Crippen molar-refractivity contribution in [2.75, 3.05) is 26.2 Å². The Morgan fingerprint density at radius 3 is 2.67 bits per heavy atom. The van der Waals surface area contributed by atoms with E-state index in [9.17, 15) is 4.79 Å². The van der Waals surface area contributed by atoms with Gasteiger partial charge in [-0.1, -0.05) is 6.92 Å². The second kappa shape index (κ2) is 7.49. The molecule has 0 bridgehead atoms. The van der Waals surface area contributed by atoms with Gasteiger partial charge < -0.3 is 9.32 Å². The monoisotopic (exact) mass is 347 g/mol. The van der Waals surface area contributed by atoms with Crippen LogP contribution in [0.4, 0.5) is 0 Å². The molecule has 0 saturated carbocycles. The molecule has 1 amide bonds. The van der Waals surface area contributed by atoms with Gasteiger partial charge in [0.1, 0.15) is 11.5 Å². The van der Waals surface area contributed by atoms with Gasteiger partial charge in [-0.25, -0.2) is 4.98 Å². The van der Waals surface area contributed by atoms with Crippen molar-refractivity contribution in [2.45, 2.75) is 40.2 Å². The van der Waals surface area contributed by atoms with E-state index in [0.29, 0.717) is 11.3 Å². The van der Waals surface area contributed by atoms with Crippen molar-refractivity contribution in [1.29, 1.82) is 0 Å². The molecule has 24 heavy (non-hydrogen) atoms. The smallest absolute Gasteiger partial charge is 0.257 e. The minimum Gasteiger partial charge on any atom is -0.466 e. The van der Waals surface area contributed by atoms with Gasteiger partial charge in [-0.05, 0) is 32.8 Å². The summed E-state index contributed by atoms with van der Waals surface area (Å²) in [5.74, 6) is 1.59. The van der Waals surface area contributed by atoms with Crippen LogP contribution < -0.4 is 0 Å². The van der Waals surface area contributed by atoms with Crippen LogP contribution in [0.1, 0.15) is 45.9 Å². The van der Waals surface area contributed by atoms with Crippen LogP contribution in [0.25, 0.3) is 0 Å². The lowest BCUT2D eigenvalue weighted by molar-refractivity contribution is 0.0625. The van der Waals surface area contributed by atoms with E-state index in [1.54, 1.807) is 11.3 Å². The number of aromatic nitrogens is 1. The number of nitrogens with zero attached hydrogens (tertiary/aromatic N) is 3. The molecular formula is C18H25N3O2S. The Balaban J connectivity index is 1.53. The average molecular weight is 347 g/mol. The molecule has 3 rings (SSSR count). The number of amides is 1. The molecule has 6 heteroatoms. The number of carbonyl (C=O) groups is 1. The Kier molecular flexibility index (Phi) is 5.36. The second-order valence-electron chi connectivity index (χ2n) is 6.38. The van der Waals surface area contributed by atoms with E-state index >= 15 is 0 Å². The second-order valence-corrected chi connectivity index (χ2v) is 7.32. The van der Waals surface area contributed by atoms with Crippen molar-refractivity contribution < 1.29 is 9.21 Å². The molecule has 2 aromatic rings. The van der Waals surface area contributed by atoms with Gasteiger partial charge in [-0.2, -0.15) is 0 Å². The summed E-state index contributed by atoms with van der Waals surface area (Å²) in [5, 5.41) is 3.40. The van der Waals surface area contributed by atoms with Gasteiger partial charge in [0.25, 0.3) is 5.91 Å². The number of hydrogen-bond donors (Lipinski definition) is 0. The third-order valence-corrected chi connectivity index (χ3v) is 5.34. The molecule has 2 aromatic heterocycles. The first-order valence-corrected chi connectivity index (χ1v) is 9.46. The summed E-state index contributed by atoms with van der Waals surface area (Å²) in [5.41, 5.74) is 1.86. The number of hydrogen-bond acceptors (Lipinski definition) is 5. The Labute approximate surface area is 147 Å². The molecule has 0 spiro atoms. The summed E-state index contributed by atoms with van der Waals surface area (Å²) in [6.45, 7) is 10.1. The zero-order valence-corrected chi connectivity index (χ0v) is 15.5. The molecule has 1 aliphatic heterocycles. The first kappa shape index (κ1) is 17.2. The molecule has 0 radical (unpaired) electrons. The van der Waals surface area contributed by atoms with Gasteiger partial charge in [0, 0.05) is 38.1 Å². The zero-order valence-electron chi connectivity index (χ0n) is 14.7. The summed E-state index contributed by atoms with van der Waals surface area (Å²) in [6, 6.07) is 1.84. The molecule has 1 saturated heterocycles. The van der Waals surface area contributed by atoms with Crippen molar-refractivity contribution in [3.05, 3.63) is 39.2 Å². The fourth-order valence-electron chi connectivity index (χ4n) is 3.10. The highest BCUT2D eigenvalue weighted by atomic mass is 32.1. The van der Waals surface area contributed by atoms with Crippen LogP contribution in [0.5, 0.6) is 0 Å². The number of furan rings is 1. The van der Waals surface area contributed by atoms with E-state index in [0.717, 1.165) is 57.0 Å². The highest BCUT2D eigenvalue weighted by Gasteiger charge is 2.25. The van der Waals surface area contributed by atoms with Crippen LogP contribution in [0.2, 0.25) is 0 Å². The standard InChI is InChI=1S/C18H25N3O2S/c1-4-5-17-19-15(12-24-17)11-20-6-8-21(9-7-20)18(22)16-10-13(2)23-14(16)3/h10,12H,4-9,11H2,1-3H3. The van der Waals surface area contributed by atoms with Crippen molar-refractivity contribution in [3.8, 4) is 0 Å². The minimum atomic E-state index is 0.0860. The largest absolute Gasteiger partial charge is 0.466 e. The van der Waals surface area contributed by atoms with E-state index in [1.165, 1.54) is 5.01 Å². The van der Waals surface area contributed by atoms with Crippen molar-refractivity contribution in [1.82, 2.24) is 14.8 Å². The first-order valence-electron chi connectivity index (χ1n) is 8.58. The lowest BCUT2D eigenvalue weighted by Crippen LogP contribution is -2.48. The number of piperazine rings is 1. The van der Waals surface area contributed by atoms with E-state index in [4.69, 9.17) is 9.40 Å². The highest BCUT2D eigenvalue weighted by molar-refractivity contribution is 7.09. The van der Waals surface area contributed by atoms with E-state index < -0.39 is 0 Å². The van der Waals surface area contributed by atoms with Crippen LogP contribution in [-0.2, 0) is 13.0 Å². The normalized spacial score (nSPS) is 15.9. The summed E-state index contributed by atoms with van der Waals surface area (Å²) in [7, 11) is 0. The number of carbonyl (C=O) groups excluding carboxylic acids is 1. The third kappa shape index (κ3) is 3.87. The molecule has 0 atom stereocenters. The minimum absolute atomic E-state index is 0.0860. The number of aryl methyl sites for hydroxylation is 3. The maximum absolute atomic E-state index is 12.6. The predicted molar refractivity (Wildman–Crippen MR) is 95.5 cm³/mol. The van der Waals surface area contributed by atoms with Gasteiger partial charge in [0.2, 0.25) is 0 Å². The van der Waals surface area contributed by atoms with Crippen LogP contribution in [0.3, 0.4) is 0 Å². The quantitative estimate of drug-likeness (QED) is 0.833. The molecule has 3 heterocycles. The maximum Gasteiger partial charge on any atom is 0.257 e. The van der Waals surface area contributed by atoms with Gasteiger partial charge in [-0.15, -0.1) is 11.3 Å². The summed E-state index contributed by atoms with van der Waals surface area (Å²) in [4.78, 5) is 21.6. The van der Waals surface area contributed by atoms with Gasteiger partial charge >= 0.3 is 0 Å². The third-order valence-electron chi connectivity index (χ3n) is 4.38. The SMILES string of the molecule is CCCc1nc(CN2CCN(C(=O)c3cc(C)oc3C)CC2)cs1. The topological polar surface area (TPSA) is 49.6 Å². The predicted octanol–water partition coefficient (Wildman–Crippen LogP) is 3.26. The van der Waals surface area contributed by atoms with Crippen LogP contribution >= 0.6 is 11.3 Å². The molecule has 0 aliphatic carbocycles. The molecule has 130 valence electrons. The fourth-order valence-corrected chi connectivity index (χ4v) is 3.99. The summed E-state index contributed by atoms with van der Waals surface area (Å²) >= 11 is 1.76. The Morgan fingerprint density at radius 2 is 2.04 bits per heavy atom. The van der Waals surface area contributed by atoms with Crippen molar-refractivity contribution in [2.24, 2.45) is 0 Å². The van der Waals surface area contributed by atoms with Crippen LogP contribution in [-0.4, -0.2) is 46.9 Å². The van der Waals surface area contributed by atoms with Gasteiger partial charge in [0.15, 0.2) is 0 Å².